The standard InChI is InChI=1S/C15H15BrN2O2/c16-14-9-11(15(19)20)4-5-12(14)10-17-8-6-13-3-1-2-7-18-13/h1-5,7,9,17H,6,8,10H2,(H,19,20). The summed E-state index contributed by atoms with van der Waals surface area (Å²) >= 11 is 3.40. The number of benzene rings is 1. The Morgan fingerprint density at radius 3 is 2.80 bits per heavy atom. The molecule has 0 aliphatic rings. The average Bonchev–Trinajstić information content (AvgIpc) is 2.46. The van der Waals surface area contributed by atoms with Crippen LogP contribution in [0.3, 0.4) is 0 Å². The highest BCUT2D eigenvalue weighted by Crippen LogP contribution is 2.18. The third-order valence-corrected chi connectivity index (χ3v) is 3.64. The van der Waals surface area contributed by atoms with Crippen LogP contribution in [0.1, 0.15) is 21.6 Å². The molecule has 1 aromatic heterocycles. The molecule has 0 amide bonds. The number of hydrogen-bond donors (Lipinski definition) is 2. The Hall–Kier alpha value is -1.72. The summed E-state index contributed by atoms with van der Waals surface area (Å²) in [7, 11) is 0. The Morgan fingerprint density at radius 2 is 2.15 bits per heavy atom. The fraction of sp³-hybridized carbons (Fsp3) is 0.200. The number of aromatic nitrogens is 1. The highest BCUT2D eigenvalue weighted by atomic mass is 79.9. The Morgan fingerprint density at radius 1 is 1.30 bits per heavy atom. The zero-order valence-corrected chi connectivity index (χ0v) is 12.4. The Balaban J connectivity index is 1.84. The molecule has 0 unspecified atom stereocenters. The molecule has 2 N–H and O–H groups in total. The van der Waals surface area contributed by atoms with Crippen molar-refractivity contribution in [2.75, 3.05) is 6.54 Å². The van der Waals surface area contributed by atoms with Gasteiger partial charge < -0.3 is 10.4 Å². The van der Waals surface area contributed by atoms with E-state index in [1.54, 1.807) is 18.3 Å². The minimum Gasteiger partial charge on any atom is -0.478 e. The van der Waals surface area contributed by atoms with Gasteiger partial charge in [-0.15, -0.1) is 0 Å². The summed E-state index contributed by atoms with van der Waals surface area (Å²) in [4.78, 5) is 15.1. The molecular formula is C15H15BrN2O2. The maximum atomic E-state index is 10.8. The van der Waals surface area contributed by atoms with Gasteiger partial charge in [0.25, 0.3) is 0 Å². The Labute approximate surface area is 126 Å². The quantitative estimate of drug-likeness (QED) is 0.797. The molecule has 0 bridgehead atoms. The van der Waals surface area contributed by atoms with Crippen molar-refractivity contribution in [2.24, 2.45) is 0 Å². The number of rotatable bonds is 6. The third-order valence-electron chi connectivity index (χ3n) is 2.90. The van der Waals surface area contributed by atoms with E-state index in [0.29, 0.717) is 6.54 Å². The fourth-order valence-corrected chi connectivity index (χ4v) is 2.33. The SMILES string of the molecule is O=C(O)c1ccc(CNCCc2ccccn2)c(Br)c1. The lowest BCUT2D eigenvalue weighted by atomic mass is 10.1. The van der Waals surface area contributed by atoms with E-state index in [4.69, 9.17) is 5.11 Å². The molecular weight excluding hydrogens is 320 g/mol. The van der Waals surface area contributed by atoms with Crippen LogP contribution in [0.2, 0.25) is 0 Å². The van der Waals surface area contributed by atoms with Crippen LogP contribution in [-0.4, -0.2) is 22.6 Å². The predicted octanol–water partition coefficient (Wildman–Crippen LogP) is 2.87. The lowest BCUT2D eigenvalue weighted by Crippen LogP contribution is -2.17. The molecule has 0 saturated heterocycles. The number of nitrogens with one attached hydrogen (secondary N) is 1. The van der Waals surface area contributed by atoms with Gasteiger partial charge in [-0.25, -0.2) is 4.79 Å². The lowest BCUT2D eigenvalue weighted by molar-refractivity contribution is 0.0697. The van der Waals surface area contributed by atoms with Crippen molar-refractivity contribution in [3.63, 3.8) is 0 Å². The minimum absolute atomic E-state index is 0.286. The van der Waals surface area contributed by atoms with E-state index in [9.17, 15) is 4.79 Å². The molecule has 0 aliphatic carbocycles. The largest absolute Gasteiger partial charge is 0.478 e. The molecule has 0 atom stereocenters. The van der Waals surface area contributed by atoms with Gasteiger partial charge in [0.2, 0.25) is 0 Å². The number of halogens is 1. The number of carbonyl (C=O) groups is 1. The van der Waals surface area contributed by atoms with Crippen LogP contribution in [0, 0.1) is 0 Å². The smallest absolute Gasteiger partial charge is 0.335 e. The first-order valence-corrected chi connectivity index (χ1v) is 7.08. The second-order valence-corrected chi connectivity index (χ2v) is 5.21. The van der Waals surface area contributed by atoms with Crippen LogP contribution >= 0.6 is 15.9 Å². The third kappa shape index (κ3) is 4.15. The van der Waals surface area contributed by atoms with E-state index >= 15 is 0 Å². The summed E-state index contributed by atoms with van der Waals surface area (Å²) < 4.78 is 0.808. The predicted molar refractivity (Wildman–Crippen MR) is 80.7 cm³/mol. The summed E-state index contributed by atoms with van der Waals surface area (Å²) in [6.07, 6.45) is 2.65. The maximum absolute atomic E-state index is 10.8. The molecule has 0 spiro atoms. The average molecular weight is 335 g/mol. The van der Waals surface area contributed by atoms with Crippen LogP contribution in [0.25, 0.3) is 0 Å². The molecule has 4 nitrogen and oxygen atoms in total. The molecule has 5 heteroatoms. The number of aromatic carboxylic acids is 1. The highest BCUT2D eigenvalue weighted by molar-refractivity contribution is 9.10. The number of pyridine rings is 1. The minimum atomic E-state index is -0.916. The summed E-state index contributed by atoms with van der Waals surface area (Å²) in [6.45, 7) is 1.51. The van der Waals surface area contributed by atoms with Crippen LogP contribution in [0.5, 0.6) is 0 Å². The first-order valence-electron chi connectivity index (χ1n) is 6.29. The van der Waals surface area contributed by atoms with Crippen molar-refractivity contribution in [1.82, 2.24) is 10.3 Å². The van der Waals surface area contributed by atoms with Crippen molar-refractivity contribution in [1.29, 1.82) is 0 Å². The topological polar surface area (TPSA) is 62.2 Å². The lowest BCUT2D eigenvalue weighted by Gasteiger charge is -2.07. The number of hydrogen-bond acceptors (Lipinski definition) is 3. The molecule has 1 heterocycles. The first-order chi connectivity index (χ1) is 9.66. The molecule has 2 rings (SSSR count). The zero-order valence-electron chi connectivity index (χ0n) is 10.8. The number of carboxylic acids is 1. The van der Waals surface area contributed by atoms with Gasteiger partial charge >= 0.3 is 5.97 Å². The molecule has 2 aromatic rings. The molecule has 0 aliphatic heterocycles. The van der Waals surface area contributed by atoms with Gasteiger partial charge in [-0.1, -0.05) is 28.1 Å². The van der Waals surface area contributed by atoms with Crippen LogP contribution < -0.4 is 5.32 Å². The normalized spacial score (nSPS) is 10.4. The second kappa shape index (κ2) is 7.17. The van der Waals surface area contributed by atoms with E-state index in [-0.39, 0.29) is 5.56 Å². The molecule has 104 valence electrons. The summed E-state index contributed by atoms with van der Waals surface area (Å²) in [6, 6.07) is 10.9. The highest BCUT2D eigenvalue weighted by Gasteiger charge is 2.06. The van der Waals surface area contributed by atoms with Crippen molar-refractivity contribution in [2.45, 2.75) is 13.0 Å². The van der Waals surface area contributed by atoms with Crippen LogP contribution in [0.4, 0.5) is 0 Å². The monoisotopic (exact) mass is 334 g/mol. The van der Waals surface area contributed by atoms with Crippen LogP contribution in [-0.2, 0) is 13.0 Å². The van der Waals surface area contributed by atoms with Gasteiger partial charge in [0.05, 0.1) is 5.56 Å². The van der Waals surface area contributed by atoms with Crippen LogP contribution in [0.15, 0.2) is 47.1 Å². The first kappa shape index (κ1) is 14.7. The van der Waals surface area contributed by atoms with E-state index < -0.39 is 5.97 Å². The van der Waals surface area contributed by atoms with E-state index in [1.807, 2.05) is 24.3 Å². The van der Waals surface area contributed by atoms with Gasteiger partial charge in [-0.3, -0.25) is 4.98 Å². The number of carboxylic acid groups (broad SMARTS) is 1. The van der Waals surface area contributed by atoms with Crippen molar-refractivity contribution in [3.8, 4) is 0 Å². The Kier molecular flexibility index (Phi) is 5.26. The number of nitrogens with zero attached hydrogens (tertiary/aromatic N) is 1. The fourth-order valence-electron chi connectivity index (χ4n) is 1.81. The second-order valence-electron chi connectivity index (χ2n) is 4.36. The van der Waals surface area contributed by atoms with Gasteiger partial charge in [0, 0.05) is 35.9 Å². The van der Waals surface area contributed by atoms with Gasteiger partial charge in [-0.2, -0.15) is 0 Å². The zero-order chi connectivity index (χ0) is 14.4. The van der Waals surface area contributed by atoms with E-state index in [0.717, 1.165) is 28.7 Å². The summed E-state index contributed by atoms with van der Waals surface area (Å²) in [5, 5.41) is 12.2. The molecule has 0 fully saturated rings. The van der Waals surface area contributed by atoms with E-state index in [2.05, 4.69) is 26.2 Å². The van der Waals surface area contributed by atoms with Crippen molar-refractivity contribution < 1.29 is 9.90 Å². The van der Waals surface area contributed by atoms with Crippen molar-refractivity contribution in [3.05, 3.63) is 63.9 Å². The van der Waals surface area contributed by atoms with Gasteiger partial charge in [0.1, 0.15) is 0 Å². The Bertz CT molecular complexity index is 588. The van der Waals surface area contributed by atoms with Gasteiger partial charge in [-0.05, 0) is 29.8 Å². The molecule has 0 radical (unpaired) electrons. The molecule has 20 heavy (non-hydrogen) atoms. The molecule has 1 aromatic carbocycles. The van der Waals surface area contributed by atoms with E-state index in [1.165, 1.54) is 0 Å². The summed E-state index contributed by atoms with van der Waals surface area (Å²) in [5.74, 6) is -0.916. The maximum Gasteiger partial charge on any atom is 0.335 e. The molecule has 0 saturated carbocycles. The van der Waals surface area contributed by atoms with Crippen molar-refractivity contribution >= 4 is 21.9 Å². The summed E-state index contributed by atoms with van der Waals surface area (Å²) in [5.41, 5.74) is 2.38. The van der Waals surface area contributed by atoms with Gasteiger partial charge in [0.15, 0.2) is 0 Å².